The zero-order chi connectivity index (χ0) is 29.5. The van der Waals surface area contributed by atoms with Crippen molar-refractivity contribution in [2.75, 3.05) is 12.4 Å². The largest absolute Gasteiger partial charge is 0.497 e. The van der Waals surface area contributed by atoms with Crippen molar-refractivity contribution in [2.45, 2.75) is 59.0 Å². The van der Waals surface area contributed by atoms with Gasteiger partial charge in [0.2, 0.25) is 11.8 Å². The number of methoxy groups -OCH3 is 1. The van der Waals surface area contributed by atoms with Gasteiger partial charge in [0, 0.05) is 40.8 Å². The summed E-state index contributed by atoms with van der Waals surface area (Å²) in [5.74, 6) is -0.000343. The lowest BCUT2D eigenvalue weighted by molar-refractivity contribution is -0.145. The topological polar surface area (TPSA) is 74.4 Å². The molecule has 2 N–H and O–H groups in total. The van der Waals surface area contributed by atoms with Gasteiger partial charge >= 0.3 is 0 Å². The summed E-state index contributed by atoms with van der Waals surface area (Å²) < 4.78 is 20.0. The van der Waals surface area contributed by atoms with Crippen LogP contribution >= 0.6 is 0 Å². The highest BCUT2D eigenvalue weighted by Gasteiger charge is 2.60. The molecule has 1 heterocycles. The number of hydrogen-bond acceptors (Lipinski definition) is 3. The van der Waals surface area contributed by atoms with Crippen LogP contribution in [0.3, 0.4) is 0 Å². The van der Waals surface area contributed by atoms with E-state index in [1.54, 1.807) is 63.4 Å². The Balaban J connectivity index is 1.42. The third kappa shape index (κ3) is 5.33. The first-order valence-electron chi connectivity index (χ1n) is 14.0. The molecule has 2 amide bonds. The number of ether oxygens (including phenoxy) is 1. The van der Waals surface area contributed by atoms with Crippen molar-refractivity contribution in [1.29, 1.82) is 0 Å². The zero-order valence-corrected chi connectivity index (χ0v) is 24.5. The number of benzene rings is 3. The minimum atomic E-state index is -1.26. The number of fused-ring (bicyclic) bond motifs is 1. The number of rotatable bonds is 9. The van der Waals surface area contributed by atoms with Gasteiger partial charge in [0.15, 0.2) is 0 Å². The smallest absolute Gasteiger partial charge is 0.249 e. The van der Waals surface area contributed by atoms with Crippen LogP contribution in [-0.2, 0) is 16.1 Å². The van der Waals surface area contributed by atoms with E-state index < -0.39 is 11.4 Å². The van der Waals surface area contributed by atoms with Gasteiger partial charge < -0.3 is 19.9 Å². The standard InChI is InChI=1S/C34H38FN3O3/c1-21-30(25-12-8-10-14-28(25)36-21)31-26(33(31,2)3)19-29(39)38(20-22-11-7-9-13-27(22)35)34(4,5)32(40)37-23-15-17-24(41-6)18-16-23/h7-18,26,31,36H,19-20H2,1-6H3,(H,37,40)/t26-,31+/m1/s1. The summed E-state index contributed by atoms with van der Waals surface area (Å²) >= 11 is 0. The average molecular weight is 556 g/mol. The van der Waals surface area contributed by atoms with E-state index in [1.807, 2.05) is 12.1 Å². The van der Waals surface area contributed by atoms with Crippen molar-refractivity contribution < 1.29 is 18.7 Å². The molecule has 6 nitrogen and oxygen atoms in total. The number of aromatic amines is 1. The lowest BCUT2D eigenvalue weighted by atomic mass is 9.97. The fourth-order valence-electron chi connectivity index (χ4n) is 6.17. The van der Waals surface area contributed by atoms with Crippen LogP contribution in [0.1, 0.15) is 56.9 Å². The quantitative estimate of drug-likeness (QED) is 0.229. The molecule has 1 fully saturated rings. The first-order chi connectivity index (χ1) is 19.4. The van der Waals surface area contributed by atoms with Crippen LogP contribution in [0.5, 0.6) is 5.75 Å². The molecule has 2 atom stereocenters. The Bertz CT molecular complexity index is 1590. The summed E-state index contributed by atoms with van der Waals surface area (Å²) in [5.41, 5.74) is 3.04. The number of carbonyl (C=O) groups is 2. The average Bonchev–Trinajstić information content (AvgIpc) is 3.29. The maximum atomic E-state index is 14.8. The van der Waals surface area contributed by atoms with Crippen molar-refractivity contribution in [3.63, 3.8) is 0 Å². The predicted molar refractivity (Wildman–Crippen MR) is 160 cm³/mol. The number of halogens is 1. The molecule has 1 aliphatic carbocycles. The van der Waals surface area contributed by atoms with Gasteiger partial charge in [-0.05, 0) is 80.0 Å². The minimum absolute atomic E-state index is 0.0154. The first-order valence-corrected chi connectivity index (χ1v) is 14.0. The fraction of sp³-hybridized carbons (Fsp3) is 0.353. The van der Waals surface area contributed by atoms with Crippen LogP contribution < -0.4 is 10.1 Å². The molecule has 41 heavy (non-hydrogen) atoms. The second kappa shape index (κ2) is 10.7. The third-order valence-electron chi connectivity index (χ3n) is 8.87. The second-order valence-corrected chi connectivity index (χ2v) is 12.1. The normalized spacial score (nSPS) is 17.7. The van der Waals surface area contributed by atoms with Crippen LogP contribution in [0, 0.1) is 24.1 Å². The monoisotopic (exact) mass is 555 g/mol. The number of anilines is 1. The Kier molecular flexibility index (Phi) is 7.41. The zero-order valence-electron chi connectivity index (χ0n) is 24.5. The molecule has 7 heteroatoms. The highest BCUT2D eigenvalue weighted by Crippen LogP contribution is 2.67. The van der Waals surface area contributed by atoms with Crippen LogP contribution in [0.15, 0.2) is 72.8 Å². The molecule has 3 aromatic carbocycles. The molecule has 1 aromatic heterocycles. The first kappa shape index (κ1) is 28.4. The van der Waals surface area contributed by atoms with Gasteiger partial charge in [0.25, 0.3) is 0 Å². The number of amides is 2. The van der Waals surface area contributed by atoms with E-state index in [-0.39, 0.29) is 42.0 Å². The molecule has 4 aromatic rings. The summed E-state index contributed by atoms with van der Waals surface area (Å²) in [6.45, 7) is 9.88. The number of H-pyrrole nitrogens is 1. The Labute approximate surface area is 240 Å². The lowest BCUT2D eigenvalue weighted by Crippen LogP contribution is -2.55. The molecule has 0 aliphatic heterocycles. The summed E-state index contributed by atoms with van der Waals surface area (Å²) in [6.07, 6.45) is 0.254. The maximum Gasteiger partial charge on any atom is 0.249 e. The van der Waals surface area contributed by atoms with Gasteiger partial charge in [0.1, 0.15) is 17.1 Å². The molecule has 0 bridgehead atoms. The fourth-order valence-corrected chi connectivity index (χ4v) is 6.17. The van der Waals surface area contributed by atoms with Crippen molar-refractivity contribution in [3.05, 3.63) is 95.4 Å². The number of para-hydroxylation sites is 1. The molecular formula is C34H38FN3O3. The van der Waals surface area contributed by atoms with Crippen LogP contribution in [0.25, 0.3) is 10.9 Å². The van der Waals surface area contributed by atoms with Gasteiger partial charge in [0.05, 0.1) is 7.11 Å². The van der Waals surface area contributed by atoms with E-state index in [9.17, 15) is 14.0 Å². The lowest BCUT2D eigenvalue weighted by Gasteiger charge is -2.38. The van der Waals surface area contributed by atoms with Crippen molar-refractivity contribution in [3.8, 4) is 5.75 Å². The highest BCUT2D eigenvalue weighted by molar-refractivity contribution is 6.00. The van der Waals surface area contributed by atoms with Gasteiger partial charge in [-0.25, -0.2) is 4.39 Å². The Morgan fingerprint density at radius 1 is 1.02 bits per heavy atom. The van der Waals surface area contributed by atoms with Gasteiger partial charge in [-0.2, -0.15) is 0 Å². The van der Waals surface area contributed by atoms with Crippen molar-refractivity contribution in [2.24, 2.45) is 11.3 Å². The number of aryl methyl sites for hydroxylation is 1. The minimum Gasteiger partial charge on any atom is -0.497 e. The van der Waals surface area contributed by atoms with E-state index in [0.717, 1.165) is 11.2 Å². The van der Waals surface area contributed by atoms with E-state index in [0.29, 0.717) is 17.0 Å². The number of hydrogen-bond donors (Lipinski definition) is 2. The SMILES string of the molecule is COc1ccc(NC(=O)C(C)(C)N(Cc2ccccc2F)C(=O)C[C@@H]2[C@@H](c3c(C)[nH]c4ccccc34)C2(C)C)cc1. The Morgan fingerprint density at radius 3 is 2.37 bits per heavy atom. The molecule has 0 radical (unpaired) electrons. The second-order valence-electron chi connectivity index (χ2n) is 12.1. The van der Waals surface area contributed by atoms with E-state index in [4.69, 9.17) is 4.74 Å². The van der Waals surface area contributed by atoms with Crippen LogP contribution in [-0.4, -0.2) is 34.3 Å². The molecule has 1 aliphatic rings. The number of aromatic nitrogens is 1. The van der Waals surface area contributed by atoms with Crippen molar-refractivity contribution >= 4 is 28.4 Å². The molecule has 0 unspecified atom stereocenters. The Morgan fingerprint density at radius 2 is 1.68 bits per heavy atom. The third-order valence-corrected chi connectivity index (χ3v) is 8.87. The molecule has 1 saturated carbocycles. The summed E-state index contributed by atoms with van der Waals surface area (Å²) in [5, 5.41) is 4.11. The number of nitrogens with zero attached hydrogens (tertiary/aromatic N) is 1. The van der Waals surface area contributed by atoms with Crippen LogP contribution in [0.4, 0.5) is 10.1 Å². The molecule has 5 rings (SSSR count). The number of carbonyl (C=O) groups excluding carboxylic acids is 2. The van der Waals surface area contributed by atoms with Gasteiger partial charge in [-0.15, -0.1) is 0 Å². The van der Waals surface area contributed by atoms with E-state index in [1.165, 1.54) is 21.9 Å². The van der Waals surface area contributed by atoms with E-state index in [2.05, 4.69) is 43.2 Å². The highest BCUT2D eigenvalue weighted by atomic mass is 19.1. The molecule has 214 valence electrons. The molecule has 0 saturated heterocycles. The maximum absolute atomic E-state index is 14.8. The van der Waals surface area contributed by atoms with E-state index >= 15 is 0 Å². The molecule has 0 spiro atoms. The van der Waals surface area contributed by atoms with Gasteiger partial charge in [-0.1, -0.05) is 50.2 Å². The summed E-state index contributed by atoms with van der Waals surface area (Å²) in [7, 11) is 1.58. The summed E-state index contributed by atoms with van der Waals surface area (Å²) in [4.78, 5) is 32.8. The molecular weight excluding hydrogens is 517 g/mol. The summed E-state index contributed by atoms with van der Waals surface area (Å²) in [6, 6.07) is 21.6. The predicted octanol–water partition coefficient (Wildman–Crippen LogP) is 7.20. The van der Waals surface area contributed by atoms with Crippen LogP contribution in [0.2, 0.25) is 0 Å². The number of nitrogens with one attached hydrogen (secondary N) is 2. The van der Waals surface area contributed by atoms with Gasteiger partial charge in [-0.3, -0.25) is 9.59 Å². The Hall–Kier alpha value is -4.13. The van der Waals surface area contributed by atoms with Crippen molar-refractivity contribution in [1.82, 2.24) is 9.88 Å².